The zero-order chi connectivity index (χ0) is 19.8. The summed E-state index contributed by atoms with van der Waals surface area (Å²) < 4.78 is 0. The fourth-order valence-electron chi connectivity index (χ4n) is 2.39. The molecule has 0 saturated heterocycles. The van der Waals surface area contributed by atoms with Gasteiger partial charge in [-0.1, -0.05) is 59.9 Å². The van der Waals surface area contributed by atoms with Gasteiger partial charge in [-0.3, -0.25) is 4.79 Å². The summed E-state index contributed by atoms with van der Waals surface area (Å²) in [6.07, 6.45) is 1.67. The van der Waals surface area contributed by atoms with E-state index in [1.165, 1.54) is 11.8 Å². The first kappa shape index (κ1) is 20.1. The summed E-state index contributed by atoms with van der Waals surface area (Å²) in [7, 11) is 0. The van der Waals surface area contributed by atoms with Crippen molar-refractivity contribution < 1.29 is 4.79 Å². The predicted molar refractivity (Wildman–Crippen MR) is 115 cm³/mol. The molecule has 0 aliphatic heterocycles. The van der Waals surface area contributed by atoms with E-state index in [1.54, 1.807) is 18.0 Å². The fraction of sp³-hybridized carbons (Fsp3) is 0.143. The van der Waals surface area contributed by atoms with Crippen molar-refractivity contribution in [2.24, 2.45) is 5.10 Å². The van der Waals surface area contributed by atoms with Crippen LogP contribution < -0.4 is 5.43 Å². The van der Waals surface area contributed by atoms with Crippen molar-refractivity contribution in [3.05, 3.63) is 77.6 Å². The molecule has 0 radical (unpaired) electrons. The molecule has 1 amide bonds. The molecular weight excluding hydrogens is 388 g/mol. The second kappa shape index (κ2) is 10.1. The quantitative estimate of drug-likeness (QED) is 0.270. The number of rotatable bonds is 7. The highest BCUT2D eigenvalue weighted by atomic mass is 32.2. The van der Waals surface area contributed by atoms with E-state index in [0.717, 1.165) is 26.7 Å². The maximum absolute atomic E-state index is 12.0. The molecule has 3 aromatic rings. The van der Waals surface area contributed by atoms with Crippen molar-refractivity contribution in [1.29, 1.82) is 0 Å². The Kier molecular flexibility index (Phi) is 7.22. The van der Waals surface area contributed by atoms with Crippen molar-refractivity contribution >= 4 is 35.6 Å². The van der Waals surface area contributed by atoms with Crippen LogP contribution in [0.5, 0.6) is 0 Å². The Morgan fingerprint density at radius 2 is 1.71 bits per heavy atom. The topological polar surface area (TPSA) is 67.2 Å². The van der Waals surface area contributed by atoms with Gasteiger partial charge in [-0.05, 0) is 38.1 Å². The van der Waals surface area contributed by atoms with Crippen LogP contribution in [0.2, 0.25) is 0 Å². The minimum absolute atomic E-state index is 0.197. The maximum Gasteiger partial charge on any atom is 0.250 e. The highest BCUT2D eigenvalue weighted by Crippen LogP contribution is 2.29. The molecule has 3 rings (SSSR count). The normalized spacial score (nSPS) is 10.9. The SMILES string of the molecule is Cc1cc(C)nc(SCC(=O)N/N=C/c2ccccc2Sc2ccccc2)n1. The van der Waals surface area contributed by atoms with Gasteiger partial charge in [0.05, 0.1) is 12.0 Å². The van der Waals surface area contributed by atoms with Gasteiger partial charge in [-0.2, -0.15) is 5.10 Å². The number of hydrogen-bond acceptors (Lipinski definition) is 6. The van der Waals surface area contributed by atoms with Gasteiger partial charge in [-0.15, -0.1) is 0 Å². The minimum Gasteiger partial charge on any atom is -0.272 e. The molecule has 5 nitrogen and oxygen atoms in total. The molecule has 0 spiro atoms. The van der Waals surface area contributed by atoms with Gasteiger partial charge >= 0.3 is 0 Å². The van der Waals surface area contributed by atoms with E-state index in [1.807, 2.05) is 62.4 Å². The van der Waals surface area contributed by atoms with E-state index >= 15 is 0 Å². The monoisotopic (exact) mass is 408 g/mol. The number of hydrazone groups is 1. The molecule has 7 heteroatoms. The highest BCUT2D eigenvalue weighted by Gasteiger charge is 2.06. The molecular formula is C21H20N4OS2. The van der Waals surface area contributed by atoms with Crippen molar-refractivity contribution in [3.8, 4) is 0 Å². The number of carbonyl (C=O) groups excluding carboxylic acids is 1. The second-order valence-electron chi connectivity index (χ2n) is 5.97. The molecule has 1 heterocycles. The first-order valence-electron chi connectivity index (χ1n) is 8.69. The predicted octanol–water partition coefficient (Wildman–Crippen LogP) is 4.49. The lowest BCUT2D eigenvalue weighted by Crippen LogP contribution is -2.19. The number of aryl methyl sites for hydroxylation is 2. The number of carbonyl (C=O) groups is 1. The van der Waals surface area contributed by atoms with Crippen molar-refractivity contribution in [2.75, 3.05) is 5.75 Å². The molecule has 0 aliphatic carbocycles. The lowest BCUT2D eigenvalue weighted by atomic mass is 10.2. The van der Waals surface area contributed by atoms with E-state index in [4.69, 9.17) is 0 Å². The van der Waals surface area contributed by atoms with Crippen LogP contribution in [0.15, 0.2) is 80.7 Å². The Morgan fingerprint density at radius 3 is 2.46 bits per heavy atom. The van der Waals surface area contributed by atoms with Crippen LogP contribution in [-0.2, 0) is 4.79 Å². The van der Waals surface area contributed by atoms with Crippen LogP contribution in [0.3, 0.4) is 0 Å². The summed E-state index contributed by atoms with van der Waals surface area (Å²) in [4.78, 5) is 22.9. The third kappa shape index (κ3) is 6.21. The first-order valence-corrected chi connectivity index (χ1v) is 10.5. The zero-order valence-electron chi connectivity index (χ0n) is 15.6. The number of hydrogen-bond donors (Lipinski definition) is 1. The molecule has 0 fully saturated rings. The Hall–Kier alpha value is -2.64. The molecule has 0 unspecified atom stereocenters. The van der Waals surface area contributed by atoms with Crippen LogP contribution in [-0.4, -0.2) is 27.8 Å². The third-order valence-electron chi connectivity index (χ3n) is 3.58. The maximum atomic E-state index is 12.0. The van der Waals surface area contributed by atoms with Gasteiger partial charge < -0.3 is 0 Å². The summed E-state index contributed by atoms with van der Waals surface area (Å²) in [5.74, 6) is 0.0119. The summed E-state index contributed by atoms with van der Waals surface area (Å²) in [6, 6.07) is 20.0. The van der Waals surface area contributed by atoms with Crippen LogP contribution in [0.25, 0.3) is 0 Å². The molecule has 0 bridgehead atoms. The molecule has 0 atom stereocenters. The van der Waals surface area contributed by atoms with E-state index in [-0.39, 0.29) is 11.7 Å². The lowest BCUT2D eigenvalue weighted by Gasteiger charge is -2.05. The average molecular weight is 409 g/mol. The number of benzene rings is 2. The van der Waals surface area contributed by atoms with Gasteiger partial charge in [0.15, 0.2) is 5.16 Å². The molecule has 142 valence electrons. The highest BCUT2D eigenvalue weighted by molar-refractivity contribution is 7.99. The fourth-order valence-corrected chi connectivity index (χ4v) is 4.06. The van der Waals surface area contributed by atoms with Gasteiger partial charge in [0.1, 0.15) is 0 Å². The third-order valence-corrected chi connectivity index (χ3v) is 5.52. The van der Waals surface area contributed by atoms with Crippen molar-refractivity contribution in [3.63, 3.8) is 0 Å². The smallest absolute Gasteiger partial charge is 0.250 e. The standard InChI is InChI=1S/C21H20N4OS2/c1-15-12-16(2)24-21(23-15)27-14-20(26)25-22-13-17-8-6-7-11-19(17)28-18-9-4-3-5-10-18/h3-13H,14H2,1-2H3,(H,25,26)/b22-13+. The van der Waals surface area contributed by atoms with Crippen molar-refractivity contribution in [1.82, 2.24) is 15.4 Å². The van der Waals surface area contributed by atoms with Crippen LogP contribution in [0.1, 0.15) is 17.0 Å². The second-order valence-corrected chi connectivity index (χ2v) is 8.03. The van der Waals surface area contributed by atoms with Crippen LogP contribution in [0, 0.1) is 13.8 Å². The molecule has 0 saturated carbocycles. The Morgan fingerprint density at radius 1 is 1.04 bits per heavy atom. The van der Waals surface area contributed by atoms with Gasteiger partial charge in [0.2, 0.25) is 0 Å². The minimum atomic E-state index is -0.197. The van der Waals surface area contributed by atoms with E-state index in [9.17, 15) is 4.79 Å². The number of nitrogens with one attached hydrogen (secondary N) is 1. The summed E-state index contributed by atoms with van der Waals surface area (Å²) in [5.41, 5.74) is 5.29. The van der Waals surface area contributed by atoms with Crippen LogP contribution >= 0.6 is 23.5 Å². The number of nitrogens with zero attached hydrogens (tertiary/aromatic N) is 3. The number of thioether (sulfide) groups is 1. The largest absolute Gasteiger partial charge is 0.272 e. The Labute approximate surface area is 173 Å². The Bertz CT molecular complexity index is 957. The zero-order valence-corrected chi connectivity index (χ0v) is 17.3. The summed E-state index contributed by atoms with van der Waals surface area (Å²) in [5, 5.41) is 4.70. The van der Waals surface area contributed by atoms with E-state index in [2.05, 4.69) is 32.6 Å². The number of amides is 1. The molecule has 0 aliphatic rings. The van der Waals surface area contributed by atoms with E-state index in [0.29, 0.717) is 5.16 Å². The van der Waals surface area contributed by atoms with Crippen LogP contribution in [0.4, 0.5) is 0 Å². The Balaban J connectivity index is 1.56. The molecule has 1 N–H and O–H groups in total. The van der Waals surface area contributed by atoms with Gasteiger partial charge in [0.25, 0.3) is 5.91 Å². The first-order chi connectivity index (χ1) is 13.6. The lowest BCUT2D eigenvalue weighted by molar-refractivity contribution is -0.118. The molecule has 1 aromatic heterocycles. The van der Waals surface area contributed by atoms with Gasteiger partial charge in [-0.25, -0.2) is 15.4 Å². The number of aromatic nitrogens is 2. The van der Waals surface area contributed by atoms with Crippen molar-refractivity contribution in [2.45, 2.75) is 28.8 Å². The summed E-state index contributed by atoms with van der Waals surface area (Å²) in [6.45, 7) is 3.82. The molecule has 2 aromatic carbocycles. The average Bonchev–Trinajstić information content (AvgIpc) is 2.68. The summed E-state index contributed by atoms with van der Waals surface area (Å²) >= 11 is 2.95. The molecule has 28 heavy (non-hydrogen) atoms. The van der Waals surface area contributed by atoms with E-state index < -0.39 is 0 Å². The van der Waals surface area contributed by atoms with Gasteiger partial charge in [0, 0.05) is 26.7 Å².